The molecule has 21 heavy (non-hydrogen) atoms. The van der Waals surface area contributed by atoms with E-state index in [0.29, 0.717) is 36.9 Å². The predicted molar refractivity (Wildman–Crippen MR) is 85.8 cm³/mol. The number of amides is 1. The number of ether oxygens (including phenoxy) is 2. The lowest BCUT2D eigenvalue weighted by Crippen LogP contribution is -2.32. The first-order chi connectivity index (χ1) is 10.3. The highest BCUT2D eigenvalue weighted by molar-refractivity contribution is 8.00. The molecule has 2 N–H and O–H groups in total. The van der Waals surface area contributed by atoms with Crippen LogP contribution in [0.25, 0.3) is 0 Å². The first-order valence-corrected chi connectivity index (χ1v) is 9.18. The van der Waals surface area contributed by atoms with E-state index in [9.17, 15) is 4.79 Å². The molecule has 2 fully saturated rings. The minimum Gasteiger partial charge on any atom is -0.379 e. The van der Waals surface area contributed by atoms with Crippen molar-refractivity contribution >= 4 is 17.7 Å². The van der Waals surface area contributed by atoms with Gasteiger partial charge in [0.15, 0.2) is 0 Å². The van der Waals surface area contributed by atoms with E-state index in [4.69, 9.17) is 9.47 Å². The first kappa shape index (κ1) is 17.1. The molecule has 1 amide bonds. The molecular formula is C15H28N2O3S. The summed E-state index contributed by atoms with van der Waals surface area (Å²) in [7, 11) is 0. The Bertz CT molecular complexity index is 293. The molecular weight excluding hydrogens is 288 g/mol. The molecule has 0 aromatic rings. The standard InChI is InChI=1S/C15H28N2O3S/c18-15(12-21-14-4-7-16-8-5-14)17-6-2-9-19-11-13-3-1-10-20-13/h13-14,16H,1-12H2,(H,17,18). The SMILES string of the molecule is O=C(CSC1CCNCC1)NCCCOCC1CCCO1. The van der Waals surface area contributed by atoms with E-state index in [0.717, 1.165) is 39.0 Å². The molecule has 0 aliphatic carbocycles. The summed E-state index contributed by atoms with van der Waals surface area (Å²) in [6.45, 7) is 5.14. The van der Waals surface area contributed by atoms with Gasteiger partial charge in [0.1, 0.15) is 0 Å². The fraction of sp³-hybridized carbons (Fsp3) is 0.933. The maximum Gasteiger partial charge on any atom is 0.230 e. The Hall–Kier alpha value is -0.300. The third kappa shape index (κ3) is 7.49. The van der Waals surface area contributed by atoms with E-state index in [1.54, 1.807) is 11.8 Å². The van der Waals surface area contributed by atoms with Gasteiger partial charge in [0, 0.05) is 25.0 Å². The van der Waals surface area contributed by atoms with Crippen molar-refractivity contribution in [2.24, 2.45) is 0 Å². The lowest BCUT2D eigenvalue weighted by molar-refractivity contribution is -0.118. The van der Waals surface area contributed by atoms with Crippen LogP contribution in [0.3, 0.4) is 0 Å². The molecule has 2 heterocycles. The van der Waals surface area contributed by atoms with Gasteiger partial charge < -0.3 is 20.1 Å². The maximum atomic E-state index is 11.7. The Kier molecular flexibility index (Phi) is 8.47. The van der Waals surface area contributed by atoms with Crippen LogP contribution >= 0.6 is 11.8 Å². The number of carbonyl (C=O) groups is 1. The van der Waals surface area contributed by atoms with E-state index >= 15 is 0 Å². The summed E-state index contributed by atoms with van der Waals surface area (Å²) < 4.78 is 11.1. The van der Waals surface area contributed by atoms with Gasteiger partial charge in [-0.1, -0.05) is 0 Å². The van der Waals surface area contributed by atoms with Crippen molar-refractivity contribution in [3.05, 3.63) is 0 Å². The third-order valence-corrected chi connectivity index (χ3v) is 5.22. The molecule has 2 rings (SSSR count). The van der Waals surface area contributed by atoms with Crippen LogP contribution < -0.4 is 10.6 Å². The van der Waals surface area contributed by atoms with Crippen LogP contribution in [0.5, 0.6) is 0 Å². The van der Waals surface area contributed by atoms with Crippen LogP contribution in [0.1, 0.15) is 32.1 Å². The number of hydrogen-bond acceptors (Lipinski definition) is 5. The summed E-state index contributed by atoms with van der Waals surface area (Å²) in [5, 5.41) is 6.95. The smallest absolute Gasteiger partial charge is 0.230 e. The normalized spacial score (nSPS) is 23.3. The molecule has 2 aliphatic rings. The summed E-state index contributed by atoms with van der Waals surface area (Å²) >= 11 is 1.79. The number of hydrogen-bond donors (Lipinski definition) is 2. The average molecular weight is 316 g/mol. The van der Waals surface area contributed by atoms with Crippen molar-refractivity contribution in [2.45, 2.75) is 43.5 Å². The third-order valence-electron chi connectivity index (χ3n) is 3.85. The zero-order chi connectivity index (χ0) is 14.8. The van der Waals surface area contributed by atoms with Crippen LogP contribution in [0.4, 0.5) is 0 Å². The fourth-order valence-electron chi connectivity index (χ4n) is 2.60. The first-order valence-electron chi connectivity index (χ1n) is 8.13. The van der Waals surface area contributed by atoms with Crippen LogP contribution in [0.2, 0.25) is 0 Å². The quantitative estimate of drug-likeness (QED) is 0.626. The number of rotatable bonds is 9. The molecule has 1 atom stereocenters. The summed E-state index contributed by atoms with van der Waals surface area (Å²) in [5.41, 5.74) is 0. The van der Waals surface area contributed by atoms with Crippen LogP contribution in [0, 0.1) is 0 Å². The molecule has 5 nitrogen and oxygen atoms in total. The molecule has 0 bridgehead atoms. The van der Waals surface area contributed by atoms with Gasteiger partial charge in [-0.2, -0.15) is 0 Å². The second-order valence-electron chi connectivity index (χ2n) is 5.67. The van der Waals surface area contributed by atoms with Crippen molar-refractivity contribution in [3.63, 3.8) is 0 Å². The summed E-state index contributed by atoms with van der Waals surface area (Å²) in [6, 6.07) is 0. The van der Waals surface area contributed by atoms with Gasteiger partial charge in [-0.25, -0.2) is 0 Å². The Balaban J connectivity index is 1.38. The molecule has 1 unspecified atom stereocenters. The van der Waals surface area contributed by atoms with Gasteiger partial charge in [0.25, 0.3) is 0 Å². The number of nitrogens with one attached hydrogen (secondary N) is 2. The Labute approximate surface area is 131 Å². The lowest BCUT2D eigenvalue weighted by Gasteiger charge is -2.21. The van der Waals surface area contributed by atoms with Crippen LogP contribution in [-0.2, 0) is 14.3 Å². The lowest BCUT2D eigenvalue weighted by atomic mass is 10.2. The maximum absolute atomic E-state index is 11.7. The molecule has 0 spiro atoms. The van der Waals surface area contributed by atoms with E-state index in [2.05, 4.69) is 10.6 Å². The summed E-state index contributed by atoms with van der Waals surface area (Å²) in [5.74, 6) is 0.735. The van der Waals surface area contributed by atoms with Crippen LogP contribution in [-0.4, -0.2) is 62.5 Å². The highest BCUT2D eigenvalue weighted by atomic mass is 32.2. The molecule has 0 saturated carbocycles. The number of piperidine rings is 1. The topological polar surface area (TPSA) is 59.6 Å². The van der Waals surface area contributed by atoms with Gasteiger partial charge in [0.05, 0.1) is 18.5 Å². The van der Waals surface area contributed by atoms with Crippen molar-refractivity contribution in [1.29, 1.82) is 0 Å². The summed E-state index contributed by atoms with van der Waals surface area (Å²) in [4.78, 5) is 11.7. The molecule has 0 aromatic carbocycles. The second kappa shape index (κ2) is 10.4. The molecule has 6 heteroatoms. The molecule has 0 aromatic heterocycles. The van der Waals surface area contributed by atoms with Gasteiger partial charge in [-0.15, -0.1) is 11.8 Å². The van der Waals surface area contributed by atoms with Crippen molar-refractivity contribution in [1.82, 2.24) is 10.6 Å². The summed E-state index contributed by atoms with van der Waals surface area (Å²) in [6.07, 6.45) is 5.78. The van der Waals surface area contributed by atoms with E-state index in [1.807, 2.05) is 0 Å². The van der Waals surface area contributed by atoms with Gasteiger partial charge in [-0.3, -0.25) is 4.79 Å². The Morgan fingerprint density at radius 3 is 2.95 bits per heavy atom. The highest BCUT2D eigenvalue weighted by Gasteiger charge is 2.15. The zero-order valence-corrected chi connectivity index (χ0v) is 13.6. The van der Waals surface area contributed by atoms with Crippen LogP contribution in [0.15, 0.2) is 0 Å². The van der Waals surface area contributed by atoms with E-state index in [1.165, 1.54) is 12.8 Å². The highest BCUT2D eigenvalue weighted by Crippen LogP contribution is 2.19. The second-order valence-corrected chi connectivity index (χ2v) is 6.96. The fourth-order valence-corrected chi connectivity index (χ4v) is 3.66. The minimum atomic E-state index is 0.151. The van der Waals surface area contributed by atoms with E-state index in [-0.39, 0.29) is 5.91 Å². The van der Waals surface area contributed by atoms with Crippen molar-refractivity contribution in [2.75, 3.05) is 45.2 Å². The number of thioether (sulfide) groups is 1. The molecule has 122 valence electrons. The van der Waals surface area contributed by atoms with Gasteiger partial charge >= 0.3 is 0 Å². The predicted octanol–water partition coefficient (Wildman–Crippen LogP) is 1.17. The van der Waals surface area contributed by atoms with Crippen molar-refractivity contribution < 1.29 is 14.3 Å². The molecule has 0 radical (unpaired) electrons. The zero-order valence-electron chi connectivity index (χ0n) is 12.8. The average Bonchev–Trinajstić information content (AvgIpc) is 3.03. The Morgan fingerprint density at radius 1 is 1.33 bits per heavy atom. The Morgan fingerprint density at radius 2 is 2.19 bits per heavy atom. The molecule has 2 saturated heterocycles. The number of carbonyl (C=O) groups excluding carboxylic acids is 1. The molecule has 2 aliphatic heterocycles. The van der Waals surface area contributed by atoms with Gasteiger partial charge in [-0.05, 0) is 45.2 Å². The monoisotopic (exact) mass is 316 g/mol. The van der Waals surface area contributed by atoms with Gasteiger partial charge in [0.2, 0.25) is 5.91 Å². The minimum absolute atomic E-state index is 0.151. The van der Waals surface area contributed by atoms with Crippen molar-refractivity contribution in [3.8, 4) is 0 Å². The largest absolute Gasteiger partial charge is 0.379 e. The van der Waals surface area contributed by atoms with E-state index < -0.39 is 0 Å².